The Morgan fingerprint density at radius 1 is 0.500 bits per heavy atom. The van der Waals surface area contributed by atoms with Gasteiger partial charge in [-0.15, -0.1) is 10.2 Å². The third-order valence-electron chi connectivity index (χ3n) is 3.57. The van der Waals surface area contributed by atoms with Crippen molar-refractivity contribution < 1.29 is 0 Å². The van der Waals surface area contributed by atoms with Gasteiger partial charge in [0.1, 0.15) is 11.4 Å². The molecule has 0 aliphatic heterocycles. The van der Waals surface area contributed by atoms with Crippen LogP contribution in [0.4, 0.5) is 0 Å². The van der Waals surface area contributed by atoms with Crippen LogP contribution in [0.25, 0.3) is 34.0 Å². The molecule has 114 valence electrons. The second kappa shape index (κ2) is 6.34. The number of rotatable bonds is 3. The first-order valence-corrected chi connectivity index (χ1v) is 7.54. The zero-order chi connectivity index (χ0) is 16.2. The molecule has 0 saturated heterocycles. The molecule has 5 heteroatoms. The van der Waals surface area contributed by atoms with Crippen molar-refractivity contribution in [1.29, 1.82) is 0 Å². The van der Waals surface area contributed by atoms with Gasteiger partial charge in [-0.3, -0.25) is 15.0 Å². The van der Waals surface area contributed by atoms with Crippen molar-refractivity contribution in [2.75, 3.05) is 0 Å². The summed E-state index contributed by atoms with van der Waals surface area (Å²) < 4.78 is 0. The summed E-state index contributed by atoms with van der Waals surface area (Å²) in [5.74, 6) is 0. The van der Waals surface area contributed by atoms with E-state index >= 15 is 0 Å². The molecule has 4 heterocycles. The molecule has 0 spiro atoms. The van der Waals surface area contributed by atoms with Gasteiger partial charge in [0.05, 0.1) is 17.1 Å². The van der Waals surface area contributed by atoms with E-state index in [9.17, 15) is 0 Å². The summed E-state index contributed by atoms with van der Waals surface area (Å²) in [5, 5.41) is 8.74. The first-order chi connectivity index (χ1) is 11.9. The second-order valence-corrected chi connectivity index (χ2v) is 5.14. The molecule has 4 aromatic heterocycles. The minimum atomic E-state index is 0.703. The van der Waals surface area contributed by atoms with Gasteiger partial charge in [-0.1, -0.05) is 18.2 Å². The van der Waals surface area contributed by atoms with Gasteiger partial charge in [-0.05, 0) is 42.5 Å². The standard InChI is InChI=1S/C19H13N5/c1-4-10-20-15(7-1)14-13-18(16-8-2-5-11-21-16)23-24-19(14)17-9-3-6-12-22-17/h1-13H. The van der Waals surface area contributed by atoms with E-state index in [0.29, 0.717) is 11.4 Å². The van der Waals surface area contributed by atoms with E-state index in [-0.39, 0.29) is 0 Å². The lowest BCUT2D eigenvalue weighted by atomic mass is 10.1. The fourth-order valence-corrected chi connectivity index (χ4v) is 2.44. The maximum Gasteiger partial charge on any atom is 0.121 e. The number of aromatic nitrogens is 5. The summed E-state index contributed by atoms with van der Waals surface area (Å²) in [6.45, 7) is 0. The lowest BCUT2D eigenvalue weighted by Gasteiger charge is -2.09. The molecule has 0 atom stereocenters. The SMILES string of the molecule is c1ccc(-c2cc(-c3ccccn3)c(-c3ccccn3)nn2)nc1. The molecule has 0 bridgehead atoms. The van der Waals surface area contributed by atoms with Crippen LogP contribution in [0.2, 0.25) is 0 Å². The number of hydrogen-bond donors (Lipinski definition) is 0. The zero-order valence-electron chi connectivity index (χ0n) is 12.7. The summed E-state index contributed by atoms with van der Waals surface area (Å²) in [6.07, 6.45) is 5.24. The topological polar surface area (TPSA) is 64.5 Å². The Balaban J connectivity index is 1.92. The van der Waals surface area contributed by atoms with Gasteiger partial charge in [-0.25, -0.2) is 0 Å². The van der Waals surface area contributed by atoms with Crippen molar-refractivity contribution in [3.8, 4) is 34.0 Å². The van der Waals surface area contributed by atoms with E-state index in [2.05, 4.69) is 25.1 Å². The normalized spacial score (nSPS) is 10.5. The van der Waals surface area contributed by atoms with Crippen LogP contribution < -0.4 is 0 Å². The molecular weight excluding hydrogens is 298 g/mol. The van der Waals surface area contributed by atoms with Crippen molar-refractivity contribution in [2.45, 2.75) is 0 Å². The highest BCUT2D eigenvalue weighted by Gasteiger charge is 2.14. The van der Waals surface area contributed by atoms with Gasteiger partial charge in [-0.2, -0.15) is 0 Å². The average Bonchev–Trinajstić information content (AvgIpc) is 2.69. The molecule has 0 unspecified atom stereocenters. The molecule has 0 saturated carbocycles. The molecule has 4 aromatic rings. The molecule has 0 radical (unpaired) electrons. The molecule has 0 fully saturated rings. The Kier molecular flexibility index (Phi) is 3.73. The molecular formula is C19H13N5. The first kappa shape index (κ1) is 14.1. The van der Waals surface area contributed by atoms with E-state index in [0.717, 1.165) is 22.6 Å². The average molecular weight is 311 g/mol. The van der Waals surface area contributed by atoms with E-state index in [1.807, 2.05) is 60.7 Å². The Labute approximate surface area is 139 Å². The highest BCUT2D eigenvalue weighted by Crippen LogP contribution is 2.29. The molecule has 0 aromatic carbocycles. The van der Waals surface area contributed by atoms with E-state index in [1.165, 1.54) is 0 Å². The van der Waals surface area contributed by atoms with Gasteiger partial charge < -0.3 is 0 Å². The first-order valence-electron chi connectivity index (χ1n) is 7.54. The Morgan fingerprint density at radius 3 is 1.67 bits per heavy atom. The third-order valence-corrected chi connectivity index (χ3v) is 3.57. The van der Waals surface area contributed by atoms with Crippen LogP contribution in [0.15, 0.2) is 79.3 Å². The largest absolute Gasteiger partial charge is 0.256 e. The quantitative estimate of drug-likeness (QED) is 0.577. The van der Waals surface area contributed by atoms with Crippen LogP contribution in [-0.4, -0.2) is 25.1 Å². The number of pyridine rings is 3. The lowest BCUT2D eigenvalue weighted by molar-refractivity contribution is 1.03. The van der Waals surface area contributed by atoms with Crippen LogP contribution >= 0.6 is 0 Å². The summed E-state index contributed by atoms with van der Waals surface area (Å²) in [6, 6.07) is 19.2. The Bertz CT molecular complexity index is 941. The summed E-state index contributed by atoms with van der Waals surface area (Å²) >= 11 is 0. The minimum absolute atomic E-state index is 0.703. The van der Waals surface area contributed by atoms with Crippen molar-refractivity contribution in [3.63, 3.8) is 0 Å². The Morgan fingerprint density at radius 2 is 1.08 bits per heavy atom. The van der Waals surface area contributed by atoms with Gasteiger partial charge in [0.25, 0.3) is 0 Å². The molecule has 5 nitrogen and oxygen atoms in total. The minimum Gasteiger partial charge on any atom is -0.256 e. The molecule has 0 aliphatic rings. The van der Waals surface area contributed by atoms with E-state index in [4.69, 9.17) is 0 Å². The van der Waals surface area contributed by atoms with Crippen LogP contribution in [0.1, 0.15) is 0 Å². The predicted octanol–water partition coefficient (Wildman–Crippen LogP) is 3.66. The van der Waals surface area contributed by atoms with Gasteiger partial charge in [0.15, 0.2) is 0 Å². The third kappa shape index (κ3) is 2.75. The maximum atomic E-state index is 4.45. The van der Waals surface area contributed by atoms with Crippen molar-refractivity contribution in [3.05, 3.63) is 79.3 Å². The van der Waals surface area contributed by atoms with E-state index < -0.39 is 0 Å². The van der Waals surface area contributed by atoms with Crippen molar-refractivity contribution in [2.24, 2.45) is 0 Å². The van der Waals surface area contributed by atoms with Crippen LogP contribution in [0.5, 0.6) is 0 Å². The van der Waals surface area contributed by atoms with Crippen LogP contribution in [0, 0.1) is 0 Å². The summed E-state index contributed by atoms with van der Waals surface area (Å²) in [4.78, 5) is 13.2. The van der Waals surface area contributed by atoms with Gasteiger partial charge >= 0.3 is 0 Å². The highest BCUT2D eigenvalue weighted by molar-refractivity contribution is 5.79. The number of nitrogens with zero attached hydrogens (tertiary/aromatic N) is 5. The molecule has 0 aliphatic carbocycles. The lowest BCUT2D eigenvalue weighted by Crippen LogP contribution is -1.98. The molecule has 4 rings (SSSR count). The smallest absolute Gasteiger partial charge is 0.121 e. The van der Waals surface area contributed by atoms with Crippen LogP contribution in [0.3, 0.4) is 0 Å². The fraction of sp³-hybridized carbons (Fsp3) is 0. The van der Waals surface area contributed by atoms with Crippen molar-refractivity contribution in [1.82, 2.24) is 25.1 Å². The maximum absolute atomic E-state index is 4.45. The second-order valence-electron chi connectivity index (χ2n) is 5.14. The zero-order valence-corrected chi connectivity index (χ0v) is 12.7. The summed E-state index contributed by atoms with van der Waals surface area (Å²) in [7, 11) is 0. The van der Waals surface area contributed by atoms with Gasteiger partial charge in [0.2, 0.25) is 0 Å². The molecule has 24 heavy (non-hydrogen) atoms. The summed E-state index contributed by atoms with van der Waals surface area (Å²) in [5.41, 5.74) is 4.65. The predicted molar refractivity (Wildman–Crippen MR) is 91.7 cm³/mol. The van der Waals surface area contributed by atoms with Crippen LogP contribution in [-0.2, 0) is 0 Å². The fourth-order valence-electron chi connectivity index (χ4n) is 2.44. The molecule has 0 N–H and O–H groups in total. The van der Waals surface area contributed by atoms with Gasteiger partial charge in [0, 0.05) is 24.2 Å². The molecule has 0 amide bonds. The van der Waals surface area contributed by atoms with E-state index in [1.54, 1.807) is 18.6 Å². The highest BCUT2D eigenvalue weighted by atomic mass is 15.1. The Hall–Kier alpha value is -3.47. The number of hydrogen-bond acceptors (Lipinski definition) is 5. The monoisotopic (exact) mass is 311 g/mol. The van der Waals surface area contributed by atoms with Crippen molar-refractivity contribution >= 4 is 0 Å².